The Bertz CT molecular complexity index is 829. The molecule has 0 radical (unpaired) electrons. The number of hydrogen-bond acceptors (Lipinski definition) is 4. The van der Waals surface area contributed by atoms with Crippen molar-refractivity contribution < 1.29 is 18.0 Å². The molecule has 2 rings (SSSR count). The number of rotatable bonds is 3. The van der Waals surface area contributed by atoms with E-state index in [1.54, 1.807) is 0 Å². The van der Waals surface area contributed by atoms with E-state index in [1.165, 1.54) is 36.5 Å². The maximum Gasteiger partial charge on any atom is 0.286 e. The van der Waals surface area contributed by atoms with Crippen molar-refractivity contribution in [1.82, 2.24) is 15.8 Å². The Morgan fingerprint density at radius 1 is 1.14 bits per heavy atom. The van der Waals surface area contributed by atoms with Crippen LogP contribution in [0, 0.1) is 0 Å². The van der Waals surface area contributed by atoms with Crippen molar-refractivity contribution in [3.05, 3.63) is 52.8 Å². The lowest BCUT2D eigenvalue weighted by atomic mass is 10.2. The van der Waals surface area contributed by atoms with Gasteiger partial charge in [0.05, 0.1) is 9.92 Å². The molecule has 0 aliphatic rings. The first-order valence-corrected chi connectivity index (χ1v) is 8.29. The second kappa shape index (κ2) is 6.20. The van der Waals surface area contributed by atoms with Crippen LogP contribution in [-0.4, -0.2) is 31.5 Å². The summed E-state index contributed by atoms with van der Waals surface area (Å²) in [5.74, 6) is -1.23. The Morgan fingerprint density at radius 2 is 1.82 bits per heavy atom. The van der Waals surface area contributed by atoms with Gasteiger partial charge < -0.3 is 4.98 Å². The van der Waals surface area contributed by atoms with Crippen LogP contribution in [0.15, 0.2) is 41.4 Å². The molecule has 2 aromatic rings. The van der Waals surface area contributed by atoms with Crippen LogP contribution in [-0.2, 0) is 9.84 Å². The third kappa shape index (κ3) is 3.86. The molecule has 3 N–H and O–H groups in total. The molecular formula is C13H12ClN3O4S. The summed E-state index contributed by atoms with van der Waals surface area (Å²) in [6.07, 6.45) is 2.47. The molecule has 7 nitrogen and oxygen atoms in total. The highest BCUT2D eigenvalue weighted by molar-refractivity contribution is 7.90. The monoisotopic (exact) mass is 341 g/mol. The summed E-state index contributed by atoms with van der Waals surface area (Å²) in [4.78, 5) is 26.3. The lowest BCUT2D eigenvalue weighted by molar-refractivity contribution is 0.0844. The summed E-state index contributed by atoms with van der Waals surface area (Å²) >= 11 is 5.67. The molecule has 0 aliphatic carbocycles. The Labute approximate surface area is 131 Å². The minimum absolute atomic E-state index is 0.0163. The second-order valence-electron chi connectivity index (χ2n) is 4.44. The number of hydrazine groups is 1. The molecule has 0 saturated carbocycles. The Kier molecular flexibility index (Phi) is 4.53. The van der Waals surface area contributed by atoms with Gasteiger partial charge in [-0.15, -0.1) is 0 Å². The zero-order valence-electron chi connectivity index (χ0n) is 11.4. The van der Waals surface area contributed by atoms with Crippen LogP contribution in [0.4, 0.5) is 0 Å². The van der Waals surface area contributed by atoms with Crippen molar-refractivity contribution in [3.8, 4) is 0 Å². The molecule has 0 saturated heterocycles. The topological polar surface area (TPSA) is 108 Å². The first kappa shape index (κ1) is 16.1. The number of hydrogen-bond donors (Lipinski definition) is 3. The number of nitrogens with one attached hydrogen (secondary N) is 3. The van der Waals surface area contributed by atoms with Gasteiger partial charge in [0.15, 0.2) is 9.84 Å². The zero-order chi connectivity index (χ0) is 16.3. The number of halogens is 1. The molecule has 9 heteroatoms. The van der Waals surface area contributed by atoms with E-state index in [4.69, 9.17) is 11.6 Å². The van der Waals surface area contributed by atoms with Crippen LogP contribution in [0.1, 0.15) is 20.8 Å². The Morgan fingerprint density at radius 3 is 2.41 bits per heavy atom. The van der Waals surface area contributed by atoms with E-state index in [0.29, 0.717) is 5.02 Å². The highest BCUT2D eigenvalue weighted by Crippen LogP contribution is 2.11. The van der Waals surface area contributed by atoms with Crippen molar-refractivity contribution in [3.63, 3.8) is 0 Å². The highest BCUT2D eigenvalue weighted by Gasteiger charge is 2.13. The minimum Gasteiger partial charge on any atom is -0.356 e. The van der Waals surface area contributed by atoms with Gasteiger partial charge in [0, 0.05) is 18.0 Å². The standard InChI is InChI=1S/C13H12ClN3O4S/c1-22(20,21)10-4-2-3-8(5-10)12(18)16-17-13(19)11-6-9(14)7-15-11/h2-7,15H,1H3,(H,16,18)(H,17,19). The quantitative estimate of drug-likeness (QED) is 0.727. The Balaban J connectivity index is 2.05. The van der Waals surface area contributed by atoms with Gasteiger partial charge in [-0.3, -0.25) is 20.4 Å². The number of amides is 2. The fraction of sp³-hybridized carbons (Fsp3) is 0.0769. The smallest absolute Gasteiger partial charge is 0.286 e. The summed E-state index contributed by atoms with van der Waals surface area (Å²) in [6.45, 7) is 0. The average molecular weight is 342 g/mol. The molecule has 0 bridgehead atoms. The van der Waals surface area contributed by atoms with E-state index in [0.717, 1.165) is 6.26 Å². The molecule has 2 amide bonds. The number of sulfone groups is 1. The van der Waals surface area contributed by atoms with Crippen LogP contribution in [0.25, 0.3) is 0 Å². The van der Waals surface area contributed by atoms with Gasteiger partial charge in [-0.2, -0.15) is 0 Å². The van der Waals surface area contributed by atoms with Crippen molar-refractivity contribution in [2.24, 2.45) is 0 Å². The van der Waals surface area contributed by atoms with E-state index in [9.17, 15) is 18.0 Å². The molecule has 116 valence electrons. The van der Waals surface area contributed by atoms with Crippen LogP contribution >= 0.6 is 11.6 Å². The molecule has 0 fully saturated rings. The fourth-order valence-electron chi connectivity index (χ4n) is 1.62. The van der Waals surface area contributed by atoms with Crippen LogP contribution in [0.5, 0.6) is 0 Å². The maximum absolute atomic E-state index is 11.9. The molecule has 22 heavy (non-hydrogen) atoms. The predicted octanol–water partition coefficient (Wildman–Crippen LogP) is 1.15. The summed E-state index contributed by atoms with van der Waals surface area (Å²) in [5.41, 5.74) is 4.66. The minimum atomic E-state index is -3.42. The van der Waals surface area contributed by atoms with Crippen molar-refractivity contribution in [1.29, 1.82) is 0 Å². The van der Waals surface area contributed by atoms with Gasteiger partial charge in [-0.05, 0) is 24.3 Å². The van der Waals surface area contributed by atoms with Gasteiger partial charge in [0.25, 0.3) is 11.8 Å². The number of H-pyrrole nitrogens is 1. The van der Waals surface area contributed by atoms with E-state index in [2.05, 4.69) is 15.8 Å². The number of carbonyl (C=O) groups excluding carboxylic acids is 2. The number of carbonyl (C=O) groups is 2. The number of benzene rings is 1. The SMILES string of the molecule is CS(=O)(=O)c1cccc(C(=O)NNC(=O)c2cc(Cl)c[nH]2)c1. The summed E-state index contributed by atoms with van der Waals surface area (Å²) in [6, 6.07) is 6.88. The molecule has 0 unspecified atom stereocenters. The largest absolute Gasteiger partial charge is 0.356 e. The zero-order valence-corrected chi connectivity index (χ0v) is 13.0. The van der Waals surface area contributed by atoms with E-state index in [1.807, 2.05) is 0 Å². The van der Waals surface area contributed by atoms with Crippen molar-refractivity contribution in [2.45, 2.75) is 4.90 Å². The normalized spacial score (nSPS) is 11.0. The fourth-order valence-corrected chi connectivity index (χ4v) is 2.45. The molecular weight excluding hydrogens is 330 g/mol. The number of aromatic nitrogens is 1. The van der Waals surface area contributed by atoms with Gasteiger partial charge in [0.2, 0.25) is 0 Å². The van der Waals surface area contributed by atoms with Crippen LogP contribution in [0.3, 0.4) is 0 Å². The molecule has 1 heterocycles. The lowest BCUT2D eigenvalue weighted by Crippen LogP contribution is -2.41. The highest BCUT2D eigenvalue weighted by atomic mass is 35.5. The van der Waals surface area contributed by atoms with E-state index >= 15 is 0 Å². The third-order valence-corrected chi connectivity index (χ3v) is 4.03. The predicted molar refractivity (Wildman–Crippen MR) is 80.3 cm³/mol. The molecule has 1 aromatic heterocycles. The van der Waals surface area contributed by atoms with Crippen LogP contribution in [0.2, 0.25) is 5.02 Å². The molecule has 0 spiro atoms. The third-order valence-electron chi connectivity index (χ3n) is 2.71. The second-order valence-corrected chi connectivity index (χ2v) is 6.89. The number of aromatic amines is 1. The van der Waals surface area contributed by atoms with Gasteiger partial charge in [0.1, 0.15) is 5.69 Å². The van der Waals surface area contributed by atoms with Crippen molar-refractivity contribution in [2.75, 3.05) is 6.26 Å². The van der Waals surface area contributed by atoms with Gasteiger partial charge in [-0.25, -0.2) is 8.42 Å². The van der Waals surface area contributed by atoms with Crippen LogP contribution < -0.4 is 10.9 Å². The van der Waals surface area contributed by atoms with Gasteiger partial charge >= 0.3 is 0 Å². The first-order valence-electron chi connectivity index (χ1n) is 6.02. The van der Waals surface area contributed by atoms with E-state index in [-0.39, 0.29) is 16.2 Å². The first-order chi connectivity index (χ1) is 10.3. The van der Waals surface area contributed by atoms with E-state index < -0.39 is 21.7 Å². The lowest BCUT2D eigenvalue weighted by Gasteiger charge is -2.07. The average Bonchev–Trinajstić information content (AvgIpc) is 2.90. The summed E-state index contributed by atoms with van der Waals surface area (Å²) < 4.78 is 22.9. The summed E-state index contributed by atoms with van der Waals surface area (Å²) in [7, 11) is -3.42. The van der Waals surface area contributed by atoms with Gasteiger partial charge in [-0.1, -0.05) is 17.7 Å². The Hall–Kier alpha value is -2.32. The van der Waals surface area contributed by atoms with Crippen molar-refractivity contribution >= 4 is 33.3 Å². The molecule has 0 aliphatic heterocycles. The summed E-state index contributed by atoms with van der Waals surface area (Å²) in [5, 5.41) is 0.359. The molecule has 0 atom stereocenters. The maximum atomic E-state index is 11.9. The molecule has 1 aromatic carbocycles.